The van der Waals surface area contributed by atoms with Crippen LogP contribution < -0.4 is 11.5 Å². The van der Waals surface area contributed by atoms with Gasteiger partial charge in [0.1, 0.15) is 0 Å². The quantitative estimate of drug-likeness (QED) is 0.599. The molecule has 0 spiro atoms. The highest BCUT2D eigenvalue weighted by molar-refractivity contribution is 5.95. The van der Waals surface area contributed by atoms with Gasteiger partial charge in [-0.2, -0.15) is 0 Å². The molecule has 1 rings (SSSR count). The number of hydrogen-bond donors (Lipinski definition) is 2. The largest absolute Gasteiger partial charge is 0.366 e. The van der Waals surface area contributed by atoms with Crippen LogP contribution in [0.2, 0.25) is 0 Å². The van der Waals surface area contributed by atoms with E-state index in [0.717, 1.165) is 0 Å². The van der Waals surface area contributed by atoms with E-state index in [2.05, 4.69) is 0 Å². The summed E-state index contributed by atoms with van der Waals surface area (Å²) in [4.78, 5) is 21.5. The van der Waals surface area contributed by atoms with E-state index in [1.54, 1.807) is 13.8 Å². The van der Waals surface area contributed by atoms with Crippen molar-refractivity contribution in [3.63, 3.8) is 0 Å². The molecule has 1 aromatic carbocycles. The minimum atomic E-state index is -0.614. The molecule has 0 bridgehead atoms. The molecule has 6 heteroatoms. The summed E-state index contributed by atoms with van der Waals surface area (Å²) in [5.74, 6) is -0.614. The Hall–Kier alpha value is -1.95. The fourth-order valence-corrected chi connectivity index (χ4v) is 1.53. The highest BCUT2D eigenvalue weighted by Crippen LogP contribution is 2.28. The van der Waals surface area contributed by atoms with Crippen LogP contribution in [0.3, 0.4) is 0 Å². The fraction of sp³-hybridized carbons (Fsp3) is 0.364. The van der Waals surface area contributed by atoms with Crippen molar-refractivity contribution in [1.82, 2.24) is 0 Å². The van der Waals surface area contributed by atoms with Gasteiger partial charge in [-0.3, -0.25) is 14.9 Å². The molecule has 0 saturated carbocycles. The third-order valence-corrected chi connectivity index (χ3v) is 2.72. The Morgan fingerprint density at radius 2 is 2.06 bits per heavy atom. The Balaban J connectivity index is 3.46. The summed E-state index contributed by atoms with van der Waals surface area (Å²) in [7, 11) is 0. The van der Waals surface area contributed by atoms with E-state index in [0.29, 0.717) is 5.56 Å². The molecule has 0 saturated heterocycles. The number of primary amides is 1. The van der Waals surface area contributed by atoms with Crippen molar-refractivity contribution in [2.45, 2.75) is 19.3 Å². The zero-order valence-corrected chi connectivity index (χ0v) is 9.77. The monoisotopic (exact) mass is 237 g/mol. The van der Waals surface area contributed by atoms with E-state index in [4.69, 9.17) is 11.5 Å². The van der Waals surface area contributed by atoms with Gasteiger partial charge in [-0.05, 0) is 11.6 Å². The molecule has 0 heterocycles. The second-order valence-corrected chi connectivity index (χ2v) is 4.44. The number of hydrogen-bond acceptors (Lipinski definition) is 4. The van der Waals surface area contributed by atoms with Crippen LogP contribution in [0.15, 0.2) is 18.2 Å². The summed E-state index contributed by atoms with van der Waals surface area (Å²) in [6, 6.07) is 3.98. The molecule has 4 N–H and O–H groups in total. The lowest BCUT2D eigenvalue weighted by Gasteiger charge is -2.24. The van der Waals surface area contributed by atoms with E-state index in [-0.39, 0.29) is 17.8 Å². The number of carbonyl (C=O) groups excluding carboxylic acids is 1. The van der Waals surface area contributed by atoms with E-state index in [9.17, 15) is 14.9 Å². The van der Waals surface area contributed by atoms with Crippen molar-refractivity contribution in [3.05, 3.63) is 39.4 Å². The van der Waals surface area contributed by atoms with Crippen LogP contribution in [0.25, 0.3) is 0 Å². The number of benzene rings is 1. The first-order valence-electron chi connectivity index (χ1n) is 5.08. The van der Waals surface area contributed by atoms with Crippen molar-refractivity contribution in [2.75, 3.05) is 6.54 Å². The van der Waals surface area contributed by atoms with Crippen LogP contribution in [0.5, 0.6) is 0 Å². The summed E-state index contributed by atoms with van der Waals surface area (Å²) in [5.41, 5.74) is 11.0. The predicted octanol–water partition coefficient (Wildman–Crippen LogP) is 0.930. The minimum absolute atomic E-state index is 0.0773. The molecule has 92 valence electrons. The molecule has 0 unspecified atom stereocenters. The maximum atomic E-state index is 11.3. The van der Waals surface area contributed by atoms with Gasteiger partial charge in [0, 0.05) is 29.7 Å². The molecule has 0 fully saturated rings. The zero-order valence-electron chi connectivity index (χ0n) is 9.77. The molecule has 0 aliphatic carbocycles. The number of carbonyl (C=O) groups is 1. The average Bonchev–Trinajstić information content (AvgIpc) is 2.28. The number of rotatable bonds is 4. The predicted molar refractivity (Wildman–Crippen MR) is 63.7 cm³/mol. The number of nitrogens with zero attached hydrogens (tertiary/aromatic N) is 1. The Morgan fingerprint density at radius 3 is 2.47 bits per heavy atom. The first kappa shape index (κ1) is 13.1. The van der Waals surface area contributed by atoms with Gasteiger partial charge in [0.15, 0.2) is 0 Å². The summed E-state index contributed by atoms with van der Waals surface area (Å²) in [5, 5.41) is 10.7. The number of nitrogens with two attached hydrogens (primary N) is 2. The molecule has 0 aliphatic rings. The normalized spacial score (nSPS) is 11.2. The van der Waals surface area contributed by atoms with Gasteiger partial charge >= 0.3 is 0 Å². The fourth-order valence-electron chi connectivity index (χ4n) is 1.53. The lowest BCUT2D eigenvalue weighted by atomic mass is 9.81. The van der Waals surface area contributed by atoms with E-state index >= 15 is 0 Å². The molecule has 1 amide bonds. The molecule has 0 aliphatic heterocycles. The van der Waals surface area contributed by atoms with Gasteiger partial charge in [-0.15, -0.1) is 0 Å². The van der Waals surface area contributed by atoms with Gasteiger partial charge in [0.25, 0.3) is 5.69 Å². The molecule has 1 aromatic rings. The first-order valence-corrected chi connectivity index (χ1v) is 5.08. The lowest BCUT2D eigenvalue weighted by Crippen LogP contribution is -2.31. The molecule has 0 atom stereocenters. The van der Waals surface area contributed by atoms with Crippen LogP contribution >= 0.6 is 0 Å². The van der Waals surface area contributed by atoms with Crippen LogP contribution in [-0.2, 0) is 5.41 Å². The Kier molecular flexibility index (Phi) is 3.47. The lowest BCUT2D eigenvalue weighted by molar-refractivity contribution is -0.385. The highest BCUT2D eigenvalue weighted by Gasteiger charge is 2.26. The van der Waals surface area contributed by atoms with E-state index < -0.39 is 16.2 Å². The van der Waals surface area contributed by atoms with Gasteiger partial charge in [-0.1, -0.05) is 13.8 Å². The van der Waals surface area contributed by atoms with Crippen molar-refractivity contribution >= 4 is 11.6 Å². The van der Waals surface area contributed by atoms with Gasteiger partial charge in [-0.25, -0.2) is 0 Å². The SMILES string of the molecule is CC(C)(CN)c1cc([N+](=O)[O-])ccc1C(N)=O. The summed E-state index contributed by atoms with van der Waals surface area (Å²) < 4.78 is 0. The highest BCUT2D eigenvalue weighted by atomic mass is 16.6. The number of non-ortho nitro benzene ring substituents is 1. The van der Waals surface area contributed by atoms with E-state index in [1.165, 1.54) is 18.2 Å². The third kappa shape index (κ3) is 2.59. The van der Waals surface area contributed by atoms with Gasteiger partial charge < -0.3 is 11.5 Å². The Morgan fingerprint density at radius 1 is 1.47 bits per heavy atom. The maximum Gasteiger partial charge on any atom is 0.269 e. The van der Waals surface area contributed by atoms with Gasteiger partial charge in [0.2, 0.25) is 5.91 Å². The van der Waals surface area contributed by atoms with Crippen LogP contribution in [0.4, 0.5) is 5.69 Å². The topological polar surface area (TPSA) is 112 Å². The Bertz CT molecular complexity index is 469. The average molecular weight is 237 g/mol. The molecule has 0 aromatic heterocycles. The number of nitro benzene ring substituents is 1. The second-order valence-electron chi connectivity index (χ2n) is 4.44. The van der Waals surface area contributed by atoms with Crippen LogP contribution in [-0.4, -0.2) is 17.4 Å². The second kappa shape index (κ2) is 4.50. The number of nitro groups is 1. The first-order chi connectivity index (χ1) is 7.79. The molecule has 6 nitrogen and oxygen atoms in total. The smallest absolute Gasteiger partial charge is 0.269 e. The van der Waals surface area contributed by atoms with Crippen molar-refractivity contribution in [2.24, 2.45) is 11.5 Å². The minimum Gasteiger partial charge on any atom is -0.366 e. The van der Waals surface area contributed by atoms with Crippen molar-refractivity contribution in [3.8, 4) is 0 Å². The molecular formula is C11H15N3O3. The zero-order chi connectivity index (χ0) is 13.2. The van der Waals surface area contributed by atoms with Crippen LogP contribution in [0, 0.1) is 10.1 Å². The summed E-state index contributed by atoms with van der Waals surface area (Å²) in [6.45, 7) is 3.87. The standard InChI is InChI=1S/C11H15N3O3/c1-11(2,6-12)9-5-7(14(16)17)3-4-8(9)10(13)15/h3-5H,6,12H2,1-2H3,(H2,13,15). The maximum absolute atomic E-state index is 11.3. The van der Waals surface area contributed by atoms with Gasteiger partial charge in [0.05, 0.1) is 4.92 Å². The number of amides is 1. The van der Waals surface area contributed by atoms with Crippen molar-refractivity contribution in [1.29, 1.82) is 0 Å². The third-order valence-electron chi connectivity index (χ3n) is 2.72. The molecule has 0 radical (unpaired) electrons. The molecular weight excluding hydrogens is 222 g/mol. The molecule has 17 heavy (non-hydrogen) atoms. The summed E-state index contributed by atoms with van der Waals surface area (Å²) >= 11 is 0. The van der Waals surface area contributed by atoms with Crippen LogP contribution in [0.1, 0.15) is 29.8 Å². The van der Waals surface area contributed by atoms with E-state index in [1.807, 2.05) is 0 Å². The Labute approximate surface area is 98.8 Å². The van der Waals surface area contributed by atoms with Crippen molar-refractivity contribution < 1.29 is 9.72 Å². The summed E-state index contributed by atoms with van der Waals surface area (Å²) in [6.07, 6.45) is 0.